The molecular formula is C47H25N3O3. The number of hydrogen-bond acceptors (Lipinski definition) is 6. The number of fused-ring (bicyclic) bond motifs is 13. The summed E-state index contributed by atoms with van der Waals surface area (Å²) in [6.45, 7) is 0. The number of benzene rings is 8. The van der Waals surface area contributed by atoms with E-state index in [2.05, 4.69) is 0 Å². The van der Waals surface area contributed by atoms with Gasteiger partial charge in [-0.15, -0.1) is 0 Å². The third-order valence-electron chi connectivity index (χ3n) is 9.22. The Morgan fingerprint density at radius 1 is 0.377 bits per heavy atom. The Morgan fingerprint density at radius 3 is 1.47 bits per heavy atom. The highest BCUT2D eigenvalue weighted by atomic mass is 16.3. The molecule has 4 aromatic heterocycles. The zero-order valence-electron chi connectivity index (χ0n) is 44.6. The molecule has 0 saturated heterocycles. The van der Waals surface area contributed by atoms with Crippen molar-refractivity contribution in [2.45, 2.75) is 0 Å². The summed E-state index contributed by atoms with van der Waals surface area (Å²) >= 11 is 0. The second-order valence-corrected chi connectivity index (χ2v) is 12.1. The van der Waals surface area contributed by atoms with Gasteiger partial charge in [0.25, 0.3) is 0 Å². The van der Waals surface area contributed by atoms with Gasteiger partial charge in [0, 0.05) is 59.8 Å². The Kier molecular flexibility index (Phi) is 3.27. The van der Waals surface area contributed by atoms with Crippen molar-refractivity contribution < 1.29 is 37.9 Å². The van der Waals surface area contributed by atoms with Gasteiger partial charge in [0.1, 0.15) is 33.5 Å². The third kappa shape index (κ3) is 4.06. The van der Waals surface area contributed by atoms with E-state index in [-0.39, 0.29) is 66.0 Å². The first-order valence-corrected chi connectivity index (χ1v) is 16.1. The van der Waals surface area contributed by atoms with E-state index in [1.807, 2.05) is 0 Å². The molecule has 0 aliphatic rings. The summed E-state index contributed by atoms with van der Waals surface area (Å²) in [4.78, 5) is 14.7. The summed E-state index contributed by atoms with van der Waals surface area (Å²) in [6.07, 6.45) is 0. The summed E-state index contributed by atoms with van der Waals surface area (Å²) in [5.41, 5.74) is -1.22. The highest BCUT2D eigenvalue weighted by Crippen LogP contribution is 2.44. The minimum Gasteiger partial charge on any atom is -0.456 e. The third-order valence-corrected chi connectivity index (χ3v) is 9.22. The van der Waals surface area contributed by atoms with Crippen LogP contribution in [0.15, 0.2) is 164 Å². The topological polar surface area (TPSA) is 78.1 Å². The maximum Gasteiger partial charge on any atom is 0.164 e. The zero-order chi connectivity index (χ0) is 50.3. The average molecular weight is 698 g/mol. The lowest BCUT2D eigenvalue weighted by Crippen LogP contribution is -2.01. The van der Waals surface area contributed by atoms with E-state index in [0.29, 0.717) is 21.9 Å². The lowest BCUT2D eigenvalue weighted by molar-refractivity contribution is 0.669. The molecule has 0 radical (unpaired) electrons. The standard InChI is InChI=1S/C47H25N3O3/c1-3-14-28-26(12-1)24-34(41-31-17-6-9-21-37(31)52-43(28)41)46-48-45(33-19-11-23-39-40(33)30-16-5-8-20-36(30)51-39)49-47(50-46)35-25-27-13-2-4-15-29(27)44-42(35)32-18-7-10-22-38(32)53-44/h1-25H/i1D,2D,3D,4D,6D,7D,9D,10D,12D,13D,14D,15D,17D,18D,21D,22D,24D,25D. The van der Waals surface area contributed by atoms with E-state index < -0.39 is 142 Å². The molecule has 0 amide bonds. The van der Waals surface area contributed by atoms with Crippen LogP contribution in [-0.4, -0.2) is 15.0 Å². The van der Waals surface area contributed by atoms with E-state index in [9.17, 15) is 2.74 Å². The maximum atomic E-state index is 9.90. The van der Waals surface area contributed by atoms with Gasteiger partial charge in [-0.1, -0.05) is 115 Å². The van der Waals surface area contributed by atoms with Gasteiger partial charge in [-0.3, -0.25) is 0 Å². The van der Waals surface area contributed by atoms with Gasteiger partial charge in [0.2, 0.25) is 0 Å². The molecule has 12 aromatic rings. The fraction of sp³-hybridized carbons (Fsp3) is 0. The molecule has 8 aromatic carbocycles. The molecular weight excluding hydrogens is 655 g/mol. The summed E-state index contributed by atoms with van der Waals surface area (Å²) in [7, 11) is 0. The minimum atomic E-state index is -0.726. The van der Waals surface area contributed by atoms with Gasteiger partial charge in [-0.2, -0.15) is 0 Å². The molecule has 4 heterocycles. The molecule has 0 atom stereocenters. The molecule has 0 N–H and O–H groups in total. The van der Waals surface area contributed by atoms with E-state index >= 15 is 0 Å². The fourth-order valence-electron chi connectivity index (χ4n) is 7.01. The molecule has 0 spiro atoms. The Hall–Kier alpha value is -7.31. The van der Waals surface area contributed by atoms with E-state index in [4.69, 9.17) is 50.1 Å². The van der Waals surface area contributed by atoms with Gasteiger partial charge in [-0.05, 0) is 47.1 Å². The highest BCUT2D eigenvalue weighted by molar-refractivity contribution is 6.22. The van der Waals surface area contributed by atoms with Crippen molar-refractivity contribution in [3.63, 3.8) is 0 Å². The van der Waals surface area contributed by atoms with Gasteiger partial charge in [-0.25, -0.2) is 15.0 Å². The van der Waals surface area contributed by atoms with E-state index in [0.717, 1.165) is 0 Å². The van der Waals surface area contributed by atoms with Crippen LogP contribution in [0.3, 0.4) is 0 Å². The van der Waals surface area contributed by atoms with Crippen molar-refractivity contribution in [3.05, 3.63) is 151 Å². The van der Waals surface area contributed by atoms with Crippen molar-refractivity contribution in [1.29, 1.82) is 0 Å². The quantitative estimate of drug-likeness (QED) is 0.183. The number of aromatic nitrogens is 3. The fourth-order valence-corrected chi connectivity index (χ4v) is 7.01. The molecule has 53 heavy (non-hydrogen) atoms. The molecule has 0 fully saturated rings. The monoisotopic (exact) mass is 697 g/mol. The molecule has 246 valence electrons. The van der Waals surface area contributed by atoms with Gasteiger partial charge < -0.3 is 13.3 Å². The Balaban J connectivity index is 1.36. The molecule has 0 aliphatic carbocycles. The van der Waals surface area contributed by atoms with Gasteiger partial charge in [0.15, 0.2) is 17.5 Å². The van der Waals surface area contributed by atoms with E-state index in [1.165, 1.54) is 0 Å². The van der Waals surface area contributed by atoms with Crippen molar-refractivity contribution in [1.82, 2.24) is 15.0 Å². The van der Waals surface area contributed by atoms with E-state index in [1.54, 1.807) is 42.5 Å². The first-order valence-electron chi connectivity index (χ1n) is 25.1. The second-order valence-electron chi connectivity index (χ2n) is 12.1. The highest BCUT2D eigenvalue weighted by Gasteiger charge is 2.24. The van der Waals surface area contributed by atoms with Crippen LogP contribution >= 0.6 is 0 Å². The van der Waals surface area contributed by atoms with Crippen LogP contribution in [-0.2, 0) is 0 Å². The number of nitrogens with zero attached hydrogens (tertiary/aromatic N) is 3. The Bertz CT molecular complexity index is 4300. The average Bonchev–Trinajstić information content (AvgIpc) is 4.07. The summed E-state index contributed by atoms with van der Waals surface area (Å²) in [6, 6.07) is -0.0793. The van der Waals surface area contributed by atoms with Crippen molar-refractivity contribution in [3.8, 4) is 34.2 Å². The predicted octanol–water partition coefficient (Wildman–Crippen LogP) is 12.9. The first-order chi connectivity index (χ1) is 33.8. The first kappa shape index (κ1) is 16.4. The molecule has 0 bridgehead atoms. The minimum absolute atomic E-state index is 0.197. The second kappa shape index (κ2) is 10.6. The van der Waals surface area contributed by atoms with Crippen molar-refractivity contribution in [2.24, 2.45) is 0 Å². The molecule has 0 aliphatic heterocycles. The molecule has 0 saturated carbocycles. The number of rotatable bonds is 3. The molecule has 6 heteroatoms. The summed E-state index contributed by atoms with van der Waals surface area (Å²) in [5.74, 6) is -1.16. The predicted molar refractivity (Wildman–Crippen MR) is 213 cm³/mol. The van der Waals surface area contributed by atoms with Crippen LogP contribution in [0.2, 0.25) is 0 Å². The molecule has 12 rings (SSSR count). The lowest BCUT2D eigenvalue weighted by Gasteiger charge is -2.12. The molecule has 6 nitrogen and oxygen atoms in total. The SMILES string of the molecule is [2H]c1c([2H])c([2H])c2c(oc3c4c([2H])c([2H])c([2H])c([2H])c4c([2H])c(-c4nc(-c5cccc6oc7ccccc7c56)nc(-c5c([2H])c6c([2H])c([2H])c([2H])c([2H])c6c6oc7c([2H])c([2H])c([2H])c([2H])c7c56)n4)c32)c1[2H]. The number of hydrogen-bond donors (Lipinski definition) is 0. The van der Waals surface area contributed by atoms with Crippen LogP contribution < -0.4 is 0 Å². The van der Waals surface area contributed by atoms with Crippen LogP contribution in [0.4, 0.5) is 0 Å². The molecule has 0 unspecified atom stereocenters. The Morgan fingerprint density at radius 2 is 0.868 bits per heavy atom. The summed E-state index contributed by atoms with van der Waals surface area (Å²) in [5, 5.41) is -1.47. The van der Waals surface area contributed by atoms with Crippen LogP contribution in [0.5, 0.6) is 0 Å². The van der Waals surface area contributed by atoms with Crippen LogP contribution in [0.1, 0.15) is 24.7 Å². The Labute approximate surface area is 325 Å². The number of para-hydroxylation sites is 3. The maximum absolute atomic E-state index is 9.90. The van der Waals surface area contributed by atoms with Crippen LogP contribution in [0.25, 0.3) is 122 Å². The largest absolute Gasteiger partial charge is 0.456 e. The van der Waals surface area contributed by atoms with Gasteiger partial charge in [0.05, 0.1) is 24.7 Å². The van der Waals surface area contributed by atoms with Crippen LogP contribution in [0, 0.1) is 0 Å². The normalized spacial score (nSPS) is 16.9. The zero-order valence-corrected chi connectivity index (χ0v) is 26.6. The smallest absolute Gasteiger partial charge is 0.164 e. The summed E-state index contributed by atoms with van der Waals surface area (Å²) < 4.78 is 179. The van der Waals surface area contributed by atoms with Gasteiger partial charge >= 0.3 is 0 Å². The van der Waals surface area contributed by atoms with Crippen molar-refractivity contribution in [2.75, 3.05) is 0 Å². The lowest BCUT2D eigenvalue weighted by atomic mass is 9.98. The number of furan rings is 3. The van der Waals surface area contributed by atoms with Crippen molar-refractivity contribution >= 4 is 87.4 Å².